The summed E-state index contributed by atoms with van der Waals surface area (Å²) in [5, 5.41) is 0.497. The first-order valence-electron chi connectivity index (χ1n) is 4.67. The first-order chi connectivity index (χ1) is 6.66. The fourth-order valence-electron chi connectivity index (χ4n) is 1.19. The van der Waals surface area contributed by atoms with Gasteiger partial charge in [-0.2, -0.15) is 0 Å². The van der Waals surface area contributed by atoms with Gasteiger partial charge in [-0.05, 0) is 25.0 Å². The van der Waals surface area contributed by atoms with Crippen molar-refractivity contribution in [2.75, 3.05) is 19.0 Å². The average molecular weight is 213 g/mol. The Kier molecular flexibility index (Phi) is 2.50. The predicted molar refractivity (Wildman–Crippen MR) is 57.2 cm³/mol. The Balaban J connectivity index is 2.26. The molecule has 0 atom stereocenters. The van der Waals surface area contributed by atoms with Crippen molar-refractivity contribution >= 4 is 17.4 Å². The number of ether oxygens (including phenoxy) is 1. The number of hydrogen-bond donors (Lipinski definition) is 0. The summed E-state index contributed by atoms with van der Waals surface area (Å²) in [4.78, 5) is 6.13. The average Bonchev–Trinajstić information content (AvgIpc) is 2.91. The molecule has 1 aromatic rings. The summed E-state index contributed by atoms with van der Waals surface area (Å²) in [5.41, 5.74) is 0. The number of nitrogens with zero attached hydrogens (tertiary/aromatic N) is 2. The highest BCUT2D eigenvalue weighted by molar-refractivity contribution is 6.29. The van der Waals surface area contributed by atoms with Crippen LogP contribution in [0.15, 0.2) is 12.1 Å². The van der Waals surface area contributed by atoms with Gasteiger partial charge >= 0.3 is 0 Å². The normalized spacial score (nSPS) is 15.4. The van der Waals surface area contributed by atoms with Gasteiger partial charge in [0.25, 0.3) is 0 Å². The lowest BCUT2D eigenvalue weighted by Gasteiger charge is -2.16. The van der Waals surface area contributed by atoms with Gasteiger partial charge in [-0.25, -0.2) is 4.98 Å². The van der Waals surface area contributed by atoms with Gasteiger partial charge in [0.15, 0.2) is 11.6 Å². The molecule has 1 heterocycles. The highest BCUT2D eigenvalue weighted by Gasteiger charge is 2.25. The van der Waals surface area contributed by atoms with Gasteiger partial charge in [0, 0.05) is 14.1 Å². The summed E-state index contributed by atoms with van der Waals surface area (Å²) in [5.74, 6) is 1.62. The minimum Gasteiger partial charge on any atom is -0.487 e. The van der Waals surface area contributed by atoms with Crippen LogP contribution in [0.3, 0.4) is 0 Å². The van der Waals surface area contributed by atoms with E-state index in [1.54, 1.807) is 6.07 Å². The molecule has 0 amide bonds. The van der Waals surface area contributed by atoms with E-state index in [9.17, 15) is 0 Å². The number of hydrogen-bond acceptors (Lipinski definition) is 3. The van der Waals surface area contributed by atoms with E-state index in [1.165, 1.54) is 0 Å². The highest BCUT2D eigenvalue weighted by atomic mass is 35.5. The van der Waals surface area contributed by atoms with Crippen LogP contribution in [0.2, 0.25) is 5.15 Å². The summed E-state index contributed by atoms with van der Waals surface area (Å²) in [6.07, 6.45) is 2.68. The third-order valence-corrected chi connectivity index (χ3v) is 2.26. The van der Waals surface area contributed by atoms with E-state index < -0.39 is 0 Å². The summed E-state index contributed by atoms with van der Waals surface area (Å²) in [6, 6.07) is 3.63. The molecule has 0 aliphatic heterocycles. The standard InChI is InChI=1S/C10H13ClN2O/c1-13(2)10-8(14-7-3-4-7)5-6-9(11)12-10/h5-7H,3-4H2,1-2H3. The molecular weight excluding hydrogens is 200 g/mol. The van der Waals surface area contributed by atoms with Crippen molar-refractivity contribution in [3.8, 4) is 5.75 Å². The molecule has 0 N–H and O–H groups in total. The Labute approximate surface area is 88.6 Å². The highest BCUT2D eigenvalue weighted by Crippen LogP contribution is 2.32. The van der Waals surface area contributed by atoms with Crippen LogP contribution in [0.5, 0.6) is 5.75 Å². The van der Waals surface area contributed by atoms with Gasteiger partial charge in [0.2, 0.25) is 0 Å². The Morgan fingerprint density at radius 2 is 2.14 bits per heavy atom. The van der Waals surface area contributed by atoms with E-state index in [4.69, 9.17) is 16.3 Å². The van der Waals surface area contributed by atoms with E-state index in [0.717, 1.165) is 24.4 Å². The van der Waals surface area contributed by atoms with Crippen LogP contribution < -0.4 is 9.64 Å². The molecule has 1 fully saturated rings. The maximum atomic E-state index is 5.82. The van der Waals surface area contributed by atoms with Crippen molar-refractivity contribution in [2.45, 2.75) is 18.9 Å². The van der Waals surface area contributed by atoms with Crippen LogP contribution >= 0.6 is 11.6 Å². The minimum absolute atomic E-state index is 0.386. The molecule has 0 saturated heterocycles. The molecule has 2 rings (SSSR count). The Bertz CT molecular complexity index is 337. The van der Waals surface area contributed by atoms with Gasteiger partial charge in [-0.3, -0.25) is 0 Å². The predicted octanol–water partition coefficient (Wildman–Crippen LogP) is 2.34. The first-order valence-corrected chi connectivity index (χ1v) is 5.05. The zero-order valence-electron chi connectivity index (χ0n) is 8.33. The van der Waals surface area contributed by atoms with Gasteiger partial charge in [-0.1, -0.05) is 11.6 Å². The summed E-state index contributed by atoms with van der Waals surface area (Å²) >= 11 is 5.82. The lowest BCUT2D eigenvalue weighted by atomic mass is 10.4. The van der Waals surface area contributed by atoms with Crippen molar-refractivity contribution < 1.29 is 4.74 Å². The van der Waals surface area contributed by atoms with E-state index in [2.05, 4.69) is 4.98 Å². The molecule has 76 valence electrons. The topological polar surface area (TPSA) is 25.4 Å². The molecule has 1 aliphatic rings. The van der Waals surface area contributed by atoms with Crippen molar-refractivity contribution in [1.29, 1.82) is 0 Å². The summed E-state index contributed by atoms with van der Waals surface area (Å²) in [6.45, 7) is 0. The van der Waals surface area contributed by atoms with Gasteiger partial charge in [0.1, 0.15) is 5.15 Å². The smallest absolute Gasteiger partial charge is 0.172 e. The fourth-order valence-corrected chi connectivity index (χ4v) is 1.33. The molecule has 0 bridgehead atoms. The second kappa shape index (κ2) is 3.65. The molecule has 1 aliphatic carbocycles. The summed E-state index contributed by atoms with van der Waals surface area (Å²) < 4.78 is 5.71. The van der Waals surface area contributed by atoms with Gasteiger partial charge in [0.05, 0.1) is 6.10 Å². The van der Waals surface area contributed by atoms with Crippen molar-refractivity contribution in [3.05, 3.63) is 17.3 Å². The summed E-state index contributed by atoms with van der Waals surface area (Å²) in [7, 11) is 3.86. The quantitative estimate of drug-likeness (QED) is 0.720. The lowest BCUT2D eigenvalue weighted by molar-refractivity contribution is 0.303. The first kappa shape index (κ1) is 9.59. The molecule has 0 aromatic carbocycles. The number of aromatic nitrogens is 1. The largest absolute Gasteiger partial charge is 0.487 e. The Hall–Kier alpha value is -0.960. The zero-order chi connectivity index (χ0) is 10.1. The maximum Gasteiger partial charge on any atom is 0.172 e. The van der Waals surface area contributed by atoms with E-state index in [0.29, 0.717) is 11.3 Å². The Morgan fingerprint density at radius 3 is 2.71 bits per heavy atom. The van der Waals surface area contributed by atoms with Crippen LogP contribution in [-0.2, 0) is 0 Å². The number of rotatable bonds is 3. The van der Waals surface area contributed by atoms with Crippen molar-refractivity contribution in [1.82, 2.24) is 4.98 Å². The van der Waals surface area contributed by atoms with Crippen LogP contribution in [0.1, 0.15) is 12.8 Å². The monoisotopic (exact) mass is 212 g/mol. The number of anilines is 1. The number of halogens is 1. The molecule has 0 radical (unpaired) electrons. The lowest BCUT2D eigenvalue weighted by Crippen LogP contribution is -2.13. The second-order valence-electron chi connectivity index (χ2n) is 3.67. The van der Waals surface area contributed by atoms with Crippen LogP contribution in [-0.4, -0.2) is 25.2 Å². The van der Waals surface area contributed by atoms with Crippen LogP contribution in [0.4, 0.5) is 5.82 Å². The Morgan fingerprint density at radius 1 is 1.43 bits per heavy atom. The van der Waals surface area contributed by atoms with E-state index in [-0.39, 0.29) is 0 Å². The van der Waals surface area contributed by atoms with Crippen LogP contribution in [0.25, 0.3) is 0 Å². The molecular formula is C10H13ClN2O. The van der Waals surface area contributed by atoms with Gasteiger partial charge in [-0.15, -0.1) is 0 Å². The van der Waals surface area contributed by atoms with Crippen molar-refractivity contribution in [3.63, 3.8) is 0 Å². The second-order valence-corrected chi connectivity index (χ2v) is 4.05. The van der Waals surface area contributed by atoms with Crippen molar-refractivity contribution in [2.24, 2.45) is 0 Å². The van der Waals surface area contributed by atoms with Gasteiger partial charge < -0.3 is 9.64 Å². The van der Waals surface area contributed by atoms with E-state index in [1.807, 2.05) is 25.1 Å². The fraction of sp³-hybridized carbons (Fsp3) is 0.500. The molecule has 0 unspecified atom stereocenters. The van der Waals surface area contributed by atoms with E-state index >= 15 is 0 Å². The molecule has 1 saturated carbocycles. The molecule has 1 aromatic heterocycles. The third kappa shape index (κ3) is 2.10. The minimum atomic E-state index is 0.386. The molecule has 14 heavy (non-hydrogen) atoms. The third-order valence-electron chi connectivity index (χ3n) is 2.05. The molecule has 0 spiro atoms. The molecule has 3 nitrogen and oxygen atoms in total. The van der Waals surface area contributed by atoms with Crippen LogP contribution in [0, 0.1) is 0 Å². The zero-order valence-corrected chi connectivity index (χ0v) is 9.08. The number of pyridine rings is 1. The maximum absolute atomic E-state index is 5.82. The SMILES string of the molecule is CN(C)c1nc(Cl)ccc1OC1CC1. The molecule has 4 heteroatoms.